The minimum absolute atomic E-state index is 0. The lowest BCUT2D eigenvalue weighted by Gasteiger charge is -2.22. The van der Waals surface area contributed by atoms with Gasteiger partial charge < -0.3 is 20.1 Å². The third-order valence-electron chi connectivity index (χ3n) is 4.20. The van der Waals surface area contributed by atoms with Crippen LogP contribution in [0.4, 0.5) is 0 Å². The second-order valence-corrected chi connectivity index (χ2v) is 6.36. The molecular weight excluding hydrogens is 441 g/mol. The molecule has 2 aliphatic rings. The van der Waals surface area contributed by atoms with Crippen LogP contribution in [0.15, 0.2) is 29.3 Å². The Labute approximate surface area is 165 Å². The monoisotopic (exact) mass is 465 g/mol. The Morgan fingerprint density at radius 2 is 2.29 bits per heavy atom. The van der Waals surface area contributed by atoms with Crippen molar-refractivity contribution in [1.82, 2.24) is 10.6 Å². The molecule has 0 aromatic heterocycles. The van der Waals surface area contributed by atoms with Crippen molar-refractivity contribution in [3.05, 3.63) is 29.3 Å². The second kappa shape index (κ2) is 9.68. The van der Waals surface area contributed by atoms with Gasteiger partial charge in [0.25, 0.3) is 0 Å². The lowest BCUT2D eigenvalue weighted by atomic mass is 9.96. The summed E-state index contributed by atoms with van der Waals surface area (Å²) in [5.41, 5.74) is 0. The molecule has 7 heteroatoms. The third-order valence-corrected chi connectivity index (χ3v) is 4.43. The SMILES string of the molecule is CCNC(=NCCOc1cccc(Cl)c1)NC1CC2CCC1O2.I. The van der Waals surface area contributed by atoms with E-state index < -0.39 is 0 Å². The van der Waals surface area contributed by atoms with Gasteiger partial charge in [-0.05, 0) is 44.4 Å². The Hall–Kier alpha value is -0.730. The Kier molecular flexibility index (Phi) is 7.90. The number of hydrogen-bond acceptors (Lipinski definition) is 3. The number of fused-ring (bicyclic) bond motifs is 2. The number of halogens is 2. The highest BCUT2D eigenvalue weighted by atomic mass is 127. The van der Waals surface area contributed by atoms with Crippen LogP contribution in [-0.4, -0.2) is 43.9 Å². The van der Waals surface area contributed by atoms with Crippen molar-refractivity contribution in [3.8, 4) is 5.75 Å². The lowest BCUT2D eigenvalue weighted by molar-refractivity contribution is 0.0992. The van der Waals surface area contributed by atoms with Gasteiger partial charge in [0.1, 0.15) is 12.4 Å². The molecule has 5 nitrogen and oxygen atoms in total. The van der Waals surface area contributed by atoms with Crippen LogP contribution in [0.2, 0.25) is 5.02 Å². The quantitative estimate of drug-likeness (QED) is 0.293. The number of benzene rings is 1. The van der Waals surface area contributed by atoms with E-state index in [4.69, 9.17) is 21.1 Å². The van der Waals surface area contributed by atoms with Crippen molar-refractivity contribution in [2.24, 2.45) is 4.99 Å². The molecule has 3 unspecified atom stereocenters. The highest BCUT2D eigenvalue weighted by Crippen LogP contribution is 2.34. The first kappa shape index (κ1) is 19.6. The van der Waals surface area contributed by atoms with Crippen molar-refractivity contribution >= 4 is 41.5 Å². The fourth-order valence-corrected chi connectivity index (χ4v) is 3.34. The number of hydrogen-bond donors (Lipinski definition) is 2. The molecule has 3 rings (SSSR count). The predicted octanol–water partition coefficient (Wildman–Crippen LogP) is 3.21. The van der Waals surface area contributed by atoms with Gasteiger partial charge in [-0.1, -0.05) is 17.7 Å². The molecule has 2 heterocycles. The van der Waals surface area contributed by atoms with E-state index in [9.17, 15) is 0 Å². The summed E-state index contributed by atoms with van der Waals surface area (Å²) in [4.78, 5) is 4.58. The van der Waals surface area contributed by atoms with Gasteiger partial charge in [0.15, 0.2) is 5.96 Å². The molecule has 1 aromatic rings. The van der Waals surface area contributed by atoms with Gasteiger partial charge in [-0.15, -0.1) is 24.0 Å². The highest BCUT2D eigenvalue weighted by Gasteiger charge is 2.41. The predicted molar refractivity (Wildman–Crippen MR) is 108 cm³/mol. The Morgan fingerprint density at radius 3 is 2.96 bits per heavy atom. The maximum absolute atomic E-state index is 5.94. The molecule has 0 amide bonds. The molecule has 24 heavy (non-hydrogen) atoms. The Morgan fingerprint density at radius 1 is 1.42 bits per heavy atom. The van der Waals surface area contributed by atoms with E-state index in [1.807, 2.05) is 18.2 Å². The lowest BCUT2D eigenvalue weighted by Crippen LogP contribution is -2.47. The second-order valence-electron chi connectivity index (χ2n) is 5.93. The average molecular weight is 466 g/mol. The number of ether oxygens (including phenoxy) is 2. The van der Waals surface area contributed by atoms with E-state index >= 15 is 0 Å². The van der Waals surface area contributed by atoms with E-state index in [0.29, 0.717) is 36.4 Å². The molecule has 2 fully saturated rings. The number of nitrogens with one attached hydrogen (secondary N) is 2. The summed E-state index contributed by atoms with van der Waals surface area (Å²) >= 11 is 5.94. The minimum Gasteiger partial charge on any atom is -0.492 e. The van der Waals surface area contributed by atoms with Crippen molar-refractivity contribution < 1.29 is 9.47 Å². The standard InChI is InChI=1S/C17H24ClN3O2.HI/c1-2-19-17(21-15-11-14-6-7-16(15)23-14)20-8-9-22-13-5-3-4-12(18)10-13;/h3-5,10,14-16H,2,6-9,11H2,1H3,(H2,19,20,21);1H. The first-order valence-corrected chi connectivity index (χ1v) is 8.71. The molecule has 0 aliphatic carbocycles. The number of nitrogens with zero attached hydrogens (tertiary/aromatic N) is 1. The Bertz CT molecular complexity index is 558. The summed E-state index contributed by atoms with van der Waals surface area (Å²) in [5.74, 6) is 1.61. The van der Waals surface area contributed by atoms with E-state index in [2.05, 4.69) is 22.5 Å². The van der Waals surface area contributed by atoms with E-state index in [1.165, 1.54) is 6.42 Å². The summed E-state index contributed by atoms with van der Waals surface area (Å²) in [5, 5.41) is 7.45. The van der Waals surface area contributed by atoms with E-state index in [1.54, 1.807) is 6.07 Å². The molecule has 0 radical (unpaired) electrons. The van der Waals surface area contributed by atoms with Gasteiger partial charge in [-0.2, -0.15) is 0 Å². The fourth-order valence-electron chi connectivity index (χ4n) is 3.16. The molecule has 2 bridgehead atoms. The van der Waals surface area contributed by atoms with Crippen LogP contribution >= 0.6 is 35.6 Å². The van der Waals surface area contributed by atoms with E-state index in [0.717, 1.165) is 31.1 Å². The molecule has 2 N–H and O–H groups in total. The van der Waals surface area contributed by atoms with Gasteiger partial charge >= 0.3 is 0 Å². The first-order valence-electron chi connectivity index (χ1n) is 8.33. The summed E-state index contributed by atoms with van der Waals surface area (Å²) in [7, 11) is 0. The van der Waals surface area contributed by atoms with Gasteiger partial charge in [-0.25, -0.2) is 4.99 Å². The summed E-state index contributed by atoms with van der Waals surface area (Å²) in [6, 6.07) is 7.78. The molecule has 0 saturated carbocycles. The molecular formula is C17H25ClIN3O2. The van der Waals surface area contributed by atoms with Gasteiger partial charge in [-0.3, -0.25) is 0 Å². The average Bonchev–Trinajstić information content (AvgIpc) is 3.14. The first-order chi connectivity index (χ1) is 11.2. The van der Waals surface area contributed by atoms with Crippen LogP contribution in [0.5, 0.6) is 5.75 Å². The normalized spacial score (nSPS) is 25.2. The molecule has 0 spiro atoms. The van der Waals surface area contributed by atoms with Crippen LogP contribution in [0.3, 0.4) is 0 Å². The van der Waals surface area contributed by atoms with Crippen molar-refractivity contribution in [3.63, 3.8) is 0 Å². The van der Waals surface area contributed by atoms with Crippen LogP contribution in [-0.2, 0) is 4.74 Å². The smallest absolute Gasteiger partial charge is 0.191 e. The van der Waals surface area contributed by atoms with Crippen LogP contribution < -0.4 is 15.4 Å². The van der Waals surface area contributed by atoms with Gasteiger partial charge in [0, 0.05) is 11.6 Å². The number of aliphatic imine (C=N–C) groups is 1. The largest absolute Gasteiger partial charge is 0.492 e. The topological polar surface area (TPSA) is 54.9 Å². The maximum atomic E-state index is 5.94. The molecule has 134 valence electrons. The summed E-state index contributed by atoms with van der Waals surface area (Å²) < 4.78 is 11.5. The van der Waals surface area contributed by atoms with Crippen molar-refractivity contribution in [1.29, 1.82) is 0 Å². The summed E-state index contributed by atoms with van der Waals surface area (Å²) in [6.45, 7) is 4.01. The zero-order valence-electron chi connectivity index (χ0n) is 13.8. The molecule has 2 saturated heterocycles. The zero-order chi connectivity index (χ0) is 16.1. The molecule has 3 atom stereocenters. The molecule has 2 aliphatic heterocycles. The van der Waals surface area contributed by atoms with E-state index in [-0.39, 0.29) is 24.0 Å². The number of guanidine groups is 1. The van der Waals surface area contributed by atoms with Crippen molar-refractivity contribution in [2.75, 3.05) is 19.7 Å². The molecule has 1 aromatic carbocycles. The third kappa shape index (κ3) is 5.39. The van der Waals surface area contributed by atoms with Crippen LogP contribution in [0.1, 0.15) is 26.2 Å². The maximum Gasteiger partial charge on any atom is 0.191 e. The van der Waals surface area contributed by atoms with Crippen LogP contribution in [0.25, 0.3) is 0 Å². The highest BCUT2D eigenvalue weighted by molar-refractivity contribution is 14.0. The zero-order valence-corrected chi connectivity index (χ0v) is 16.9. The summed E-state index contributed by atoms with van der Waals surface area (Å²) in [6.07, 6.45) is 4.20. The number of rotatable bonds is 6. The fraction of sp³-hybridized carbons (Fsp3) is 0.588. The van der Waals surface area contributed by atoms with Crippen LogP contribution in [0, 0.1) is 0 Å². The van der Waals surface area contributed by atoms with Gasteiger partial charge in [0.2, 0.25) is 0 Å². The van der Waals surface area contributed by atoms with Crippen molar-refractivity contribution in [2.45, 2.75) is 44.4 Å². The van der Waals surface area contributed by atoms with Gasteiger partial charge in [0.05, 0.1) is 24.8 Å². The minimum atomic E-state index is 0. The Balaban J connectivity index is 0.00000208.